The highest BCUT2D eigenvalue weighted by Gasteiger charge is 2.38. The van der Waals surface area contributed by atoms with Crippen molar-refractivity contribution < 1.29 is 34.8 Å². The Hall–Kier alpha value is -4.00. The van der Waals surface area contributed by atoms with Crippen LogP contribution in [0.15, 0.2) is 78.2 Å². The fourth-order valence-corrected chi connectivity index (χ4v) is 4.78. The molecule has 0 aliphatic carbocycles. The molecule has 0 aliphatic heterocycles. The molecule has 0 fully saturated rings. The number of hydrogen-bond donors (Lipinski definition) is 1. The van der Waals surface area contributed by atoms with Crippen LogP contribution in [-0.2, 0) is 28.8 Å². The minimum atomic E-state index is -5.19. The number of rotatable bonds is 6. The molecule has 0 atom stereocenters. The number of benzene rings is 2. The Kier molecular flexibility index (Phi) is 7.15. The second-order valence-electron chi connectivity index (χ2n) is 8.26. The third-order valence-corrected chi connectivity index (χ3v) is 6.94. The van der Waals surface area contributed by atoms with Crippen molar-refractivity contribution in [3.63, 3.8) is 0 Å². The molecule has 38 heavy (non-hydrogen) atoms. The molecule has 0 spiro atoms. The number of halogens is 6. The highest BCUT2D eigenvalue weighted by molar-refractivity contribution is 7.92. The molecule has 0 unspecified atom stereocenters. The summed E-state index contributed by atoms with van der Waals surface area (Å²) < 4.78 is 107. The number of alkyl halides is 6. The highest BCUT2D eigenvalue weighted by Crippen LogP contribution is 2.37. The number of sulfonamides is 1. The first-order valence-corrected chi connectivity index (χ1v) is 12.3. The van der Waals surface area contributed by atoms with Crippen molar-refractivity contribution in [2.24, 2.45) is 0 Å². The maximum Gasteiger partial charge on any atom is 0.416 e. The number of anilines is 1. The van der Waals surface area contributed by atoms with Crippen LogP contribution in [0.5, 0.6) is 0 Å². The molecule has 2 heterocycles. The summed E-state index contributed by atoms with van der Waals surface area (Å²) in [5.41, 5.74) is -0.191. The van der Waals surface area contributed by atoms with E-state index in [4.69, 9.17) is 0 Å². The average Bonchev–Trinajstić information content (AvgIpc) is 2.85. The van der Waals surface area contributed by atoms with Gasteiger partial charge in [-0.15, -0.1) is 0 Å². The van der Waals surface area contributed by atoms with Gasteiger partial charge in [0.05, 0.1) is 27.4 Å². The molecule has 0 amide bonds. The maximum absolute atomic E-state index is 13.2. The van der Waals surface area contributed by atoms with E-state index in [0.29, 0.717) is 22.5 Å². The van der Waals surface area contributed by atoms with E-state index in [1.807, 2.05) is 0 Å². The first-order chi connectivity index (χ1) is 17.7. The predicted molar refractivity (Wildman–Crippen MR) is 127 cm³/mol. The van der Waals surface area contributed by atoms with E-state index < -0.39 is 38.4 Å². The Balaban J connectivity index is 1.69. The summed E-state index contributed by atoms with van der Waals surface area (Å²) in [7, 11) is -4.82. The Morgan fingerprint density at radius 2 is 1.53 bits per heavy atom. The highest BCUT2D eigenvalue weighted by atomic mass is 32.2. The largest absolute Gasteiger partial charge is 0.416 e. The minimum Gasteiger partial charge on any atom is -0.280 e. The second kappa shape index (κ2) is 10.0. The molecule has 0 aliphatic rings. The van der Waals surface area contributed by atoms with E-state index in [-0.39, 0.29) is 30.3 Å². The molecule has 6 nitrogen and oxygen atoms in total. The molecule has 4 aromatic rings. The Morgan fingerprint density at radius 3 is 2.13 bits per heavy atom. The minimum absolute atomic E-state index is 0.0453. The Labute approximate surface area is 213 Å². The van der Waals surface area contributed by atoms with Crippen molar-refractivity contribution in [2.45, 2.75) is 30.6 Å². The summed E-state index contributed by atoms with van der Waals surface area (Å²) in [6.07, 6.45) is -5.61. The standard InChI is InChI=1S/C25H18F6N4O2S/c1-15-4-5-19(9-16(15)10-23-21(3-2-7-33-23)22-6-8-32-14-34-22)35-38(36,37)20-12-17(24(26,27)28)11-18(13-20)25(29,30)31/h2-9,11-14,35H,10H2,1H3. The number of aryl methyl sites for hydroxylation is 1. The normalized spacial score (nSPS) is 12.4. The van der Waals surface area contributed by atoms with Gasteiger partial charge >= 0.3 is 12.4 Å². The van der Waals surface area contributed by atoms with Crippen LogP contribution < -0.4 is 4.72 Å². The van der Waals surface area contributed by atoms with Crippen LogP contribution in [-0.4, -0.2) is 23.4 Å². The van der Waals surface area contributed by atoms with Crippen LogP contribution in [0.3, 0.4) is 0 Å². The summed E-state index contributed by atoms with van der Waals surface area (Å²) in [5, 5.41) is 0. The van der Waals surface area contributed by atoms with Gasteiger partial charge in [0.2, 0.25) is 0 Å². The van der Waals surface area contributed by atoms with E-state index in [1.54, 1.807) is 43.6 Å². The number of hydrogen-bond acceptors (Lipinski definition) is 5. The number of pyridine rings is 1. The molecular formula is C25H18F6N4O2S. The van der Waals surface area contributed by atoms with Crippen molar-refractivity contribution >= 4 is 15.7 Å². The molecule has 0 bridgehead atoms. The molecule has 13 heteroatoms. The molecule has 1 N–H and O–H groups in total. The maximum atomic E-state index is 13.2. The monoisotopic (exact) mass is 552 g/mol. The van der Waals surface area contributed by atoms with Crippen LogP contribution >= 0.6 is 0 Å². The first-order valence-electron chi connectivity index (χ1n) is 10.9. The van der Waals surface area contributed by atoms with E-state index in [2.05, 4.69) is 19.7 Å². The summed E-state index contributed by atoms with van der Waals surface area (Å²) >= 11 is 0. The van der Waals surface area contributed by atoms with Crippen LogP contribution in [0.25, 0.3) is 11.3 Å². The molecule has 0 saturated carbocycles. The van der Waals surface area contributed by atoms with Crippen molar-refractivity contribution in [3.05, 3.63) is 101 Å². The first kappa shape index (κ1) is 27.0. The van der Waals surface area contributed by atoms with Gasteiger partial charge in [0, 0.05) is 30.1 Å². The molecule has 198 valence electrons. The van der Waals surface area contributed by atoms with Gasteiger partial charge in [-0.2, -0.15) is 26.3 Å². The van der Waals surface area contributed by atoms with E-state index in [9.17, 15) is 34.8 Å². The molecular weight excluding hydrogens is 534 g/mol. The van der Waals surface area contributed by atoms with Crippen LogP contribution in [0.1, 0.15) is 27.9 Å². The van der Waals surface area contributed by atoms with Gasteiger partial charge in [-0.05, 0) is 66.6 Å². The fourth-order valence-electron chi connectivity index (χ4n) is 3.66. The van der Waals surface area contributed by atoms with Crippen molar-refractivity contribution in [1.82, 2.24) is 15.0 Å². The average molecular weight is 553 g/mol. The summed E-state index contributed by atoms with van der Waals surface area (Å²) in [4.78, 5) is 11.3. The second-order valence-corrected chi connectivity index (χ2v) is 9.94. The van der Waals surface area contributed by atoms with Gasteiger partial charge in [-0.25, -0.2) is 18.4 Å². The third-order valence-electron chi connectivity index (χ3n) is 5.58. The fraction of sp³-hybridized carbons (Fsp3) is 0.160. The summed E-state index contributed by atoms with van der Waals surface area (Å²) in [6.45, 7) is 1.77. The lowest BCUT2D eigenvalue weighted by molar-refractivity contribution is -0.143. The zero-order valence-corrected chi connectivity index (χ0v) is 20.3. The van der Waals surface area contributed by atoms with Crippen molar-refractivity contribution in [2.75, 3.05) is 4.72 Å². The molecule has 2 aromatic carbocycles. The van der Waals surface area contributed by atoms with Gasteiger partial charge < -0.3 is 0 Å². The van der Waals surface area contributed by atoms with Gasteiger partial charge in [0.15, 0.2) is 0 Å². The lowest BCUT2D eigenvalue weighted by atomic mass is 9.99. The van der Waals surface area contributed by atoms with Crippen LogP contribution in [0.4, 0.5) is 32.0 Å². The number of nitrogens with zero attached hydrogens (tertiary/aromatic N) is 3. The summed E-state index contributed by atoms with van der Waals surface area (Å²) in [6, 6.07) is 9.80. The molecule has 4 rings (SSSR count). The molecule has 2 aromatic heterocycles. The lowest BCUT2D eigenvalue weighted by Gasteiger charge is -2.16. The van der Waals surface area contributed by atoms with Gasteiger partial charge in [-0.1, -0.05) is 6.07 Å². The smallest absolute Gasteiger partial charge is 0.280 e. The van der Waals surface area contributed by atoms with Crippen molar-refractivity contribution in [3.8, 4) is 11.3 Å². The van der Waals surface area contributed by atoms with Gasteiger partial charge in [0.1, 0.15) is 6.33 Å². The Morgan fingerprint density at radius 1 is 0.842 bits per heavy atom. The zero-order valence-electron chi connectivity index (χ0n) is 19.5. The molecule has 0 radical (unpaired) electrons. The molecule has 0 saturated heterocycles. The predicted octanol–water partition coefficient (Wildman–Crippen LogP) is 6.28. The SMILES string of the molecule is Cc1ccc(NS(=O)(=O)c2cc(C(F)(F)F)cc(C(F)(F)F)c2)cc1Cc1ncccc1-c1ccncn1. The topological polar surface area (TPSA) is 84.8 Å². The van der Waals surface area contributed by atoms with Crippen LogP contribution in [0.2, 0.25) is 0 Å². The number of aromatic nitrogens is 3. The third kappa shape index (κ3) is 6.10. The number of nitrogens with one attached hydrogen (secondary N) is 1. The van der Waals surface area contributed by atoms with Gasteiger partial charge in [-0.3, -0.25) is 9.71 Å². The van der Waals surface area contributed by atoms with Crippen molar-refractivity contribution in [1.29, 1.82) is 0 Å². The van der Waals surface area contributed by atoms with E-state index >= 15 is 0 Å². The van der Waals surface area contributed by atoms with E-state index in [1.165, 1.54) is 18.5 Å². The zero-order chi connectivity index (χ0) is 27.7. The van der Waals surface area contributed by atoms with Crippen LogP contribution in [0, 0.1) is 6.92 Å². The lowest BCUT2D eigenvalue weighted by Crippen LogP contribution is -2.17. The Bertz CT molecular complexity index is 1540. The summed E-state index contributed by atoms with van der Waals surface area (Å²) in [5.74, 6) is 0. The van der Waals surface area contributed by atoms with Gasteiger partial charge in [0.25, 0.3) is 10.0 Å². The van der Waals surface area contributed by atoms with E-state index in [0.717, 1.165) is 5.56 Å². The quantitative estimate of drug-likeness (QED) is 0.285.